The van der Waals surface area contributed by atoms with E-state index >= 15 is 0 Å². The van der Waals surface area contributed by atoms with Crippen LogP contribution in [-0.4, -0.2) is 50.7 Å². The predicted octanol–water partition coefficient (Wildman–Crippen LogP) is 4.88. The Morgan fingerprint density at radius 3 is 2.32 bits per heavy atom. The second-order valence-electron chi connectivity index (χ2n) is 8.40. The minimum atomic E-state index is 0. The normalized spacial score (nSPS) is 15.9. The van der Waals surface area contributed by atoms with Gasteiger partial charge in [0.1, 0.15) is 0 Å². The highest BCUT2D eigenvalue weighted by Gasteiger charge is 2.21. The molecule has 0 bridgehead atoms. The first-order valence-electron chi connectivity index (χ1n) is 10.3. The highest BCUT2D eigenvalue weighted by Crippen LogP contribution is 2.26. The largest absolute Gasteiger partial charge is 0.371 e. The van der Waals surface area contributed by atoms with Crippen molar-refractivity contribution in [1.29, 1.82) is 0 Å². The van der Waals surface area contributed by atoms with Gasteiger partial charge < -0.3 is 15.5 Å². The van der Waals surface area contributed by atoms with E-state index in [1.807, 2.05) is 18.8 Å². The second-order valence-corrected chi connectivity index (χ2v) is 9.39. The van der Waals surface area contributed by atoms with Gasteiger partial charge in [-0.25, -0.2) is 0 Å². The number of piperidine rings is 1. The van der Waals surface area contributed by atoms with Gasteiger partial charge in [0.25, 0.3) is 0 Å². The van der Waals surface area contributed by atoms with Crippen molar-refractivity contribution in [3.8, 4) is 0 Å². The average Bonchev–Trinajstić information content (AvgIpc) is 2.67. The number of nitrogens with one attached hydrogen (secondary N) is 2. The van der Waals surface area contributed by atoms with E-state index in [2.05, 4.69) is 71.8 Å². The number of unbranched alkanes of at least 4 members (excludes halogenated alkanes) is 1. The Kier molecular flexibility index (Phi) is 11.6. The molecule has 4 nitrogen and oxygen atoms in total. The smallest absolute Gasteiger partial charge is 0.191 e. The van der Waals surface area contributed by atoms with Crippen LogP contribution in [-0.2, 0) is 5.41 Å². The molecule has 2 rings (SSSR count). The second kappa shape index (κ2) is 12.8. The van der Waals surface area contributed by atoms with Crippen LogP contribution < -0.4 is 15.5 Å². The molecule has 0 atom stereocenters. The Labute approximate surface area is 193 Å². The van der Waals surface area contributed by atoms with Gasteiger partial charge >= 0.3 is 0 Å². The van der Waals surface area contributed by atoms with E-state index in [9.17, 15) is 0 Å². The number of halogens is 1. The Morgan fingerprint density at radius 1 is 1.14 bits per heavy atom. The Balaban J connectivity index is 0.00000392. The number of guanidine groups is 1. The van der Waals surface area contributed by atoms with E-state index in [0.29, 0.717) is 6.04 Å². The molecule has 0 saturated carbocycles. The fourth-order valence-corrected chi connectivity index (χ4v) is 3.91. The zero-order valence-corrected chi connectivity index (χ0v) is 21.4. The van der Waals surface area contributed by atoms with Gasteiger partial charge in [-0.3, -0.25) is 4.99 Å². The molecule has 1 saturated heterocycles. The quantitative estimate of drug-likeness (QED) is 0.234. The summed E-state index contributed by atoms with van der Waals surface area (Å²) in [5.41, 5.74) is 2.96. The fraction of sp³-hybridized carbons (Fsp3) is 0.682. The standard InChI is InChI=1S/C22H38N4S.HI/c1-22(2,3)18-8-10-20(11-9-18)26-15-12-19(13-16-26)25-21(23-4)24-14-6-7-17-27-5;/h8-11,19H,6-7,12-17H2,1-5H3,(H2,23,24,25);1H. The van der Waals surface area contributed by atoms with E-state index in [4.69, 9.17) is 0 Å². The predicted molar refractivity (Wildman–Crippen MR) is 138 cm³/mol. The number of anilines is 1. The molecular weight excluding hydrogens is 479 g/mol. The van der Waals surface area contributed by atoms with Crippen LogP contribution in [0.3, 0.4) is 0 Å². The van der Waals surface area contributed by atoms with Gasteiger partial charge in [0.05, 0.1) is 0 Å². The Hall–Kier alpha value is -0.630. The number of rotatable bonds is 7. The maximum Gasteiger partial charge on any atom is 0.191 e. The number of hydrogen-bond donors (Lipinski definition) is 2. The molecule has 2 N–H and O–H groups in total. The van der Waals surface area contributed by atoms with Crippen molar-refractivity contribution in [1.82, 2.24) is 10.6 Å². The fourth-order valence-electron chi connectivity index (χ4n) is 3.42. The highest BCUT2D eigenvalue weighted by atomic mass is 127. The molecule has 0 aromatic heterocycles. The molecule has 0 radical (unpaired) electrons. The van der Waals surface area contributed by atoms with Crippen LogP contribution in [0.2, 0.25) is 0 Å². The third kappa shape index (κ3) is 8.39. The number of aliphatic imine (C=N–C) groups is 1. The zero-order valence-electron chi connectivity index (χ0n) is 18.3. The third-order valence-electron chi connectivity index (χ3n) is 5.23. The molecule has 0 unspecified atom stereocenters. The van der Waals surface area contributed by atoms with Crippen LogP contribution >= 0.6 is 35.7 Å². The molecule has 28 heavy (non-hydrogen) atoms. The number of thioether (sulfide) groups is 1. The SMILES string of the molecule is CN=C(NCCCCSC)NC1CCN(c2ccc(C(C)(C)C)cc2)CC1.I. The van der Waals surface area contributed by atoms with Crippen molar-refractivity contribution in [3.63, 3.8) is 0 Å². The topological polar surface area (TPSA) is 39.7 Å². The van der Waals surface area contributed by atoms with Crippen molar-refractivity contribution in [3.05, 3.63) is 29.8 Å². The summed E-state index contributed by atoms with van der Waals surface area (Å²) >= 11 is 1.92. The number of benzene rings is 1. The van der Waals surface area contributed by atoms with Crippen molar-refractivity contribution in [2.45, 2.75) is 57.9 Å². The first-order chi connectivity index (χ1) is 12.9. The Morgan fingerprint density at radius 2 is 1.79 bits per heavy atom. The maximum absolute atomic E-state index is 4.39. The summed E-state index contributed by atoms with van der Waals surface area (Å²) in [5.74, 6) is 2.19. The number of hydrogen-bond acceptors (Lipinski definition) is 3. The lowest BCUT2D eigenvalue weighted by atomic mass is 9.87. The summed E-state index contributed by atoms with van der Waals surface area (Å²) < 4.78 is 0. The minimum Gasteiger partial charge on any atom is -0.371 e. The lowest BCUT2D eigenvalue weighted by Crippen LogP contribution is -2.48. The van der Waals surface area contributed by atoms with E-state index in [1.54, 1.807) is 0 Å². The van der Waals surface area contributed by atoms with Crippen LogP contribution in [0.4, 0.5) is 5.69 Å². The van der Waals surface area contributed by atoms with Crippen LogP contribution in [0.1, 0.15) is 52.0 Å². The van der Waals surface area contributed by atoms with E-state index in [1.165, 1.54) is 29.8 Å². The molecule has 0 aliphatic carbocycles. The molecule has 6 heteroatoms. The maximum atomic E-state index is 4.39. The van der Waals surface area contributed by atoms with Crippen molar-refractivity contribution >= 4 is 47.4 Å². The summed E-state index contributed by atoms with van der Waals surface area (Å²) in [4.78, 5) is 6.89. The molecule has 1 aliphatic heterocycles. The van der Waals surface area contributed by atoms with Crippen molar-refractivity contribution in [2.75, 3.05) is 43.6 Å². The van der Waals surface area contributed by atoms with Gasteiger partial charge in [0, 0.05) is 38.4 Å². The molecule has 1 fully saturated rings. The van der Waals surface area contributed by atoms with Crippen molar-refractivity contribution < 1.29 is 0 Å². The number of nitrogens with zero attached hydrogens (tertiary/aromatic N) is 2. The molecule has 0 amide bonds. The van der Waals surface area contributed by atoms with E-state index in [-0.39, 0.29) is 29.4 Å². The minimum absolute atomic E-state index is 0. The van der Waals surface area contributed by atoms with Gasteiger partial charge in [-0.15, -0.1) is 24.0 Å². The summed E-state index contributed by atoms with van der Waals surface area (Å²) in [6.45, 7) is 9.99. The van der Waals surface area contributed by atoms with E-state index in [0.717, 1.165) is 38.4 Å². The van der Waals surface area contributed by atoms with Gasteiger partial charge in [-0.05, 0) is 60.8 Å². The molecular formula is C22H39IN4S. The molecule has 1 aromatic rings. The molecule has 1 heterocycles. The first-order valence-corrected chi connectivity index (χ1v) is 11.6. The lowest BCUT2D eigenvalue weighted by Gasteiger charge is -2.35. The average molecular weight is 519 g/mol. The molecule has 0 spiro atoms. The van der Waals surface area contributed by atoms with Crippen LogP contribution in [0, 0.1) is 0 Å². The summed E-state index contributed by atoms with van der Waals surface area (Å²) in [7, 11) is 1.86. The van der Waals surface area contributed by atoms with Gasteiger partial charge in [-0.1, -0.05) is 32.9 Å². The Bertz CT molecular complexity index is 575. The highest BCUT2D eigenvalue weighted by molar-refractivity contribution is 14.0. The van der Waals surface area contributed by atoms with Crippen LogP contribution in [0.25, 0.3) is 0 Å². The molecule has 1 aromatic carbocycles. The summed E-state index contributed by atoms with van der Waals surface area (Å²) in [5, 5.41) is 7.06. The summed E-state index contributed by atoms with van der Waals surface area (Å²) in [6, 6.07) is 9.63. The van der Waals surface area contributed by atoms with Gasteiger partial charge in [0.2, 0.25) is 0 Å². The third-order valence-corrected chi connectivity index (χ3v) is 5.92. The van der Waals surface area contributed by atoms with Crippen molar-refractivity contribution in [2.24, 2.45) is 4.99 Å². The van der Waals surface area contributed by atoms with Crippen LogP contribution in [0.15, 0.2) is 29.3 Å². The van der Waals surface area contributed by atoms with Crippen LogP contribution in [0.5, 0.6) is 0 Å². The summed E-state index contributed by atoms with van der Waals surface area (Å²) in [6.07, 6.45) is 6.92. The van der Waals surface area contributed by atoms with Gasteiger partial charge in [-0.2, -0.15) is 11.8 Å². The first kappa shape index (κ1) is 25.4. The monoisotopic (exact) mass is 518 g/mol. The lowest BCUT2D eigenvalue weighted by molar-refractivity contribution is 0.461. The molecule has 160 valence electrons. The zero-order chi connectivity index (χ0) is 19.7. The van der Waals surface area contributed by atoms with E-state index < -0.39 is 0 Å². The van der Waals surface area contributed by atoms with Gasteiger partial charge in [0.15, 0.2) is 5.96 Å². The molecule has 1 aliphatic rings.